The first-order valence-electron chi connectivity index (χ1n) is 8.19. The number of esters is 1. The van der Waals surface area contributed by atoms with E-state index in [1.54, 1.807) is 0 Å². The van der Waals surface area contributed by atoms with Gasteiger partial charge in [-0.05, 0) is 6.42 Å². The van der Waals surface area contributed by atoms with Gasteiger partial charge in [-0.1, -0.05) is 20.8 Å². The van der Waals surface area contributed by atoms with Crippen LogP contribution in [0.25, 0.3) is 0 Å². The van der Waals surface area contributed by atoms with E-state index in [1.165, 1.54) is 25.6 Å². The Bertz CT molecular complexity index is 449. The third kappa shape index (κ3) is 9.33. The number of hydrogen-bond acceptors (Lipinski definition) is 6. The molecule has 0 rings (SSSR count). The molecule has 0 aromatic carbocycles. The number of aliphatic carboxylic acids is 2. The maximum Gasteiger partial charge on any atom is 0.307 e. The fourth-order valence-corrected chi connectivity index (χ4v) is 2.87. The Labute approximate surface area is 151 Å². The monoisotopic (exact) mass is 377 g/mol. The van der Waals surface area contributed by atoms with Crippen molar-refractivity contribution in [3.8, 4) is 0 Å². The Morgan fingerprint density at radius 2 is 1.60 bits per heavy atom. The van der Waals surface area contributed by atoms with Crippen LogP contribution in [0.15, 0.2) is 0 Å². The van der Waals surface area contributed by atoms with Gasteiger partial charge in [0.05, 0.1) is 30.8 Å². The highest BCUT2D eigenvalue weighted by Crippen LogP contribution is 2.22. The Balaban J connectivity index is 4.25. The number of carboxylic acids is 2. The van der Waals surface area contributed by atoms with Gasteiger partial charge in [0.1, 0.15) is 0 Å². The molecule has 9 heteroatoms. The topological polar surface area (TPSA) is 130 Å². The number of rotatable bonds is 13. The first kappa shape index (κ1) is 23.2. The number of hydrogen-bond donors (Lipinski definition) is 3. The van der Waals surface area contributed by atoms with Crippen molar-refractivity contribution in [2.75, 3.05) is 24.7 Å². The molecule has 0 aromatic heterocycles. The predicted molar refractivity (Wildman–Crippen MR) is 93.3 cm³/mol. The fraction of sp³-hybridized carbons (Fsp3) is 0.750. The Hall–Kier alpha value is -1.77. The van der Waals surface area contributed by atoms with Crippen LogP contribution in [-0.2, 0) is 23.9 Å². The molecule has 8 nitrogen and oxygen atoms in total. The molecule has 25 heavy (non-hydrogen) atoms. The zero-order valence-corrected chi connectivity index (χ0v) is 15.6. The largest absolute Gasteiger partial charge is 0.481 e. The maximum absolute atomic E-state index is 12.2. The van der Waals surface area contributed by atoms with Gasteiger partial charge in [-0.15, -0.1) is 0 Å². The zero-order chi connectivity index (χ0) is 19.4. The molecular weight excluding hydrogens is 350 g/mol. The van der Waals surface area contributed by atoms with Crippen LogP contribution < -0.4 is 5.32 Å². The van der Waals surface area contributed by atoms with E-state index in [0.717, 1.165) is 6.42 Å². The van der Waals surface area contributed by atoms with Crippen molar-refractivity contribution in [2.45, 2.75) is 33.6 Å². The van der Waals surface area contributed by atoms with Crippen molar-refractivity contribution in [3.05, 3.63) is 0 Å². The van der Waals surface area contributed by atoms with Crippen molar-refractivity contribution >= 4 is 35.6 Å². The molecule has 1 amide bonds. The number of carbonyl (C=O) groups excluding carboxylic acids is 2. The predicted octanol–water partition coefficient (Wildman–Crippen LogP) is 1.24. The summed E-state index contributed by atoms with van der Waals surface area (Å²) in [7, 11) is 0. The standard InChI is InChI=1S/C16H27NO7S/c1-4-7-24-12(18)5-8-25-9-6-17-14(19)13(10(2)15(20)21)11(3)16(22)23/h10-11,13H,4-9H2,1-3H3,(H,17,19)(H,20,21)(H,22,23). The summed E-state index contributed by atoms with van der Waals surface area (Å²) in [4.78, 5) is 45.7. The molecule has 0 radical (unpaired) electrons. The first-order valence-corrected chi connectivity index (χ1v) is 9.34. The molecule has 2 atom stereocenters. The Morgan fingerprint density at radius 3 is 2.08 bits per heavy atom. The smallest absolute Gasteiger partial charge is 0.307 e. The van der Waals surface area contributed by atoms with Crippen LogP contribution >= 0.6 is 11.8 Å². The van der Waals surface area contributed by atoms with Crippen molar-refractivity contribution < 1.29 is 34.1 Å². The molecule has 0 aliphatic heterocycles. The number of nitrogens with one attached hydrogen (secondary N) is 1. The molecule has 0 spiro atoms. The molecule has 0 saturated heterocycles. The lowest BCUT2D eigenvalue weighted by molar-refractivity contribution is -0.153. The van der Waals surface area contributed by atoms with Crippen LogP contribution in [0.2, 0.25) is 0 Å². The van der Waals surface area contributed by atoms with Gasteiger partial charge in [0.2, 0.25) is 5.91 Å². The van der Waals surface area contributed by atoms with E-state index >= 15 is 0 Å². The van der Waals surface area contributed by atoms with Crippen molar-refractivity contribution in [1.29, 1.82) is 0 Å². The summed E-state index contributed by atoms with van der Waals surface area (Å²) in [5.74, 6) is -5.55. The number of carbonyl (C=O) groups is 4. The van der Waals surface area contributed by atoms with Crippen molar-refractivity contribution in [2.24, 2.45) is 17.8 Å². The van der Waals surface area contributed by atoms with E-state index in [0.29, 0.717) is 18.1 Å². The van der Waals surface area contributed by atoms with Crippen molar-refractivity contribution in [1.82, 2.24) is 5.32 Å². The third-order valence-corrected chi connectivity index (χ3v) is 4.61. The number of thioether (sulfide) groups is 1. The molecular formula is C16H27NO7S. The summed E-state index contributed by atoms with van der Waals surface area (Å²) in [5.41, 5.74) is 0. The lowest BCUT2D eigenvalue weighted by Crippen LogP contribution is -2.43. The summed E-state index contributed by atoms with van der Waals surface area (Å²) in [6.07, 6.45) is 1.06. The van der Waals surface area contributed by atoms with Gasteiger partial charge >= 0.3 is 17.9 Å². The van der Waals surface area contributed by atoms with Crippen LogP contribution in [0.3, 0.4) is 0 Å². The lowest BCUT2D eigenvalue weighted by Gasteiger charge is -2.23. The molecule has 0 aliphatic rings. The van der Waals surface area contributed by atoms with Crippen LogP contribution in [0, 0.1) is 17.8 Å². The van der Waals surface area contributed by atoms with Gasteiger partial charge in [0.15, 0.2) is 0 Å². The highest BCUT2D eigenvalue weighted by Gasteiger charge is 2.37. The minimum atomic E-state index is -1.21. The minimum absolute atomic E-state index is 0.260. The summed E-state index contributed by atoms with van der Waals surface area (Å²) < 4.78 is 4.93. The molecule has 0 aliphatic carbocycles. The zero-order valence-electron chi connectivity index (χ0n) is 14.8. The van der Waals surface area contributed by atoms with Crippen LogP contribution in [0.1, 0.15) is 33.6 Å². The van der Waals surface area contributed by atoms with E-state index in [9.17, 15) is 19.2 Å². The molecule has 0 aromatic rings. The molecule has 3 N–H and O–H groups in total. The van der Waals surface area contributed by atoms with E-state index in [4.69, 9.17) is 14.9 Å². The number of amides is 1. The second kappa shape index (κ2) is 12.6. The van der Waals surface area contributed by atoms with Crippen LogP contribution in [-0.4, -0.2) is 58.7 Å². The van der Waals surface area contributed by atoms with Gasteiger partial charge in [0.25, 0.3) is 0 Å². The average molecular weight is 377 g/mol. The minimum Gasteiger partial charge on any atom is -0.481 e. The average Bonchev–Trinajstić information content (AvgIpc) is 2.55. The van der Waals surface area contributed by atoms with Crippen LogP contribution in [0.4, 0.5) is 0 Å². The van der Waals surface area contributed by atoms with E-state index in [-0.39, 0.29) is 18.9 Å². The first-order chi connectivity index (χ1) is 11.7. The third-order valence-electron chi connectivity index (χ3n) is 3.62. The Kier molecular flexibility index (Phi) is 11.7. The van der Waals surface area contributed by atoms with Gasteiger partial charge in [0, 0.05) is 18.1 Å². The summed E-state index contributed by atoms with van der Waals surface area (Å²) in [6, 6.07) is 0. The van der Waals surface area contributed by atoms with Gasteiger partial charge < -0.3 is 20.3 Å². The summed E-state index contributed by atoms with van der Waals surface area (Å²) >= 11 is 1.45. The SMILES string of the molecule is CCCOC(=O)CCSCCNC(=O)C(C(C)C(=O)O)C(C)C(=O)O. The van der Waals surface area contributed by atoms with Crippen molar-refractivity contribution in [3.63, 3.8) is 0 Å². The molecule has 0 saturated carbocycles. The number of ether oxygens (including phenoxy) is 1. The summed E-state index contributed by atoms with van der Waals surface area (Å²) in [6.45, 7) is 5.23. The molecule has 0 heterocycles. The normalized spacial score (nSPS) is 14.2. The maximum atomic E-state index is 12.2. The highest BCUT2D eigenvalue weighted by atomic mass is 32.2. The van der Waals surface area contributed by atoms with Gasteiger partial charge in [-0.3, -0.25) is 19.2 Å². The lowest BCUT2D eigenvalue weighted by atomic mass is 9.82. The van der Waals surface area contributed by atoms with E-state index in [1.807, 2.05) is 6.92 Å². The quantitative estimate of drug-likeness (QED) is 0.323. The van der Waals surface area contributed by atoms with Crippen LogP contribution in [0.5, 0.6) is 0 Å². The second-order valence-electron chi connectivity index (χ2n) is 5.65. The second-order valence-corrected chi connectivity index (χ2v) is 6.88. The fourth-order valence-electron chi connectivity index (χ4n) is 2.10. The van der Waals surface area contributed by atoms with E-state index < -0.39 is 35.6 Å². The van der Waals surface area contributed by atoms with E-state index in [2.05, 4.69) is 5.32 Å². The molecule has 144 valence electrons. The molecule has 0 bridgehead atoms. The molecule has 2 unspecified atom stereocenters. The Morgan fingerprint density at radius 1 is 1.04 bits per heavy atom. The van der Waals surface area contributed by atoms with Gasteiger partial charge in [-0.2, -0.15) is 11.8 Å². The highest BCUT2D eigenvalue weighted by molar-refractivity contribution is 7.99. The number of carboxylic acid groups (broad SMARTS) is 2. The van der Waals surface area contributed by atoms with Gasteiger partial charge in [-0.25, -0.2) is 0 Å². The molecule has 0 fully saturated rings. The summed E-state index contributed by atoms with van der Waals surface area (Å²) in [5, 5.41) is 20.7.